The van der Waals surface area contributed by atoms with Gasteiger partial charge in [-0.05, 0) is 30.9 Å². The second-order valence-corrected chi connectivity index (χ2v) is 7.34. The molecule has 0 saturated carbocycles. The summed E-state index contributed by atoms with van der Waals surface area (Å²) in [5, 5.41) is 0. The average molecular weight is 366 g/mol. The summed E-state index contributed by atoms with van der Waals surface area (Å²) in [4.78, 5) is 19.9. The quantitative estimate of drug-likeness (QED) is 0.836. The lowest BCUT2D eigenvalue weighted by Crippen LogP contribution is -2.45. The fourth-order valence-corrected chi connectivity index (χ4v) is 4.51. The van der Waals surface area contributed by atoms with Crippen LogP contribution in [0.5, 0.6) is 11.6 Å². The first-order valence-corrected chi connectivity index (χ1v) is 9.44. The highest BCUT2D eigenvalue weighted by Crippen LogP contribution is 2.52. The summed E-state index contributed by atoms with van der Waals surface area (Å²) < 4.78 is 17.1. The Morgan fingerprint density at radius 3 is 3.00 bits per heavy atom. The SMILES string of the molecule is COc1cc2c(cn1)OCC21C(=O)N(CC2CCCCO2)c2ccccc21. The van der Waals surface area contributed by atoms with Gasteiger partial charge in [0, 0.05) is 23.9 Å². The Labute approximate surface area is 158 Å². The molecular weight excluding hydrogens is 344 g/mol. The maximum atomic E-state index is 13.8. The minimum Gasteiger partial charge on any atom is -0.490 e. The second-order valence-electron chi connectivity index (χ2n) is 7.34. The molecule has 2 atom stereocenters. The van der Waals surface area contributed by atoms with Gasteiger partial charge in [-0.3, -0.25) is 4.79 Å². The minimum absolute atomic E-state index is 0.0462. The van der Waals surface area contributed by atoms with Gasteiger partial charge in [-0.15, -0.1) is 0 Å². The minimum atomic E-state index is -0.836. The van der Waals surface area contributed by atoms with Crippen molar-refractivity contribution in [3.8, 4) is 11.6 Å². The number of hydrogen-bond acceptors (Lipinski definition) is 5. The van der Waals surface area contributed by atoms with Crippen molar-refractivity contribution in [3.63, 3.8) is 0 Å². The maximum Gasteiger partial charge on any atom is 0.245 e. The Kier molecular flexibility index (Phi) is 3.82. The third-order valence-electron chi connectivity index (χ3n) is 5.88. The zero-order chi connectivity index (χ0) is 18.4. The van der Waals surface area contributed by atoms with Crippen LogP contribution in [-0.2, 0) is 14.9 Å². The molecule has 1 amide bonds. The molecule has 1 saturated heterocycles. The molecule has 4 heterocycles. The van der Waals surface area contributed by atoms with Crippen molar-refractivity contribution in [3.05, 3.63) is 47.7 Å². The van der Waals surface area contributed by atoms with Crippen LogP contribution in [0.2, 0.25) is 0 Å². The Morgan fingerprint density at radius 1 is 1.30 bits per heavy atom. The highest BCUT2D eigenvalue weighted by Gasteiger charge is 2.57. The first kappa shape index (κ1) is 16.6. The number of rotatable bonds is 3. The molecular formula is C21H22N2O4. The fourth-order valence-electron chi connectivity index (χ4n) is 4.51. The first-order chi connectivity index (χ1) is 13.2. The number of aromatic nitrogens is 1. The standard InChI is InChI=1S/C21H22N2O4/c1-25-19-10-16-18(11-22-19)27-13-21(16)15-7-2-3-8-17(15)23(20(21)24)12-14-6-4-5-9-26-14/h2-3,7-8,10-11,14H,4-6,9,12-13H2,1H3. The van der Waals surface area contributed by atoms with Crippen LogP contribution in [0.1, 0.15) is 30.4 Å². The van der Waals surface area contributed by atoms with E-state index < -0.39 is 5.41 Å². The molecule has 0 N–H and O–H groups in total. The predicted molar refractivity (Wildman–Crippen MR) is 99.5 cm³/mol. The average Bonchev–Trinajstić information content (AvgIpc) is 3.21. The van der Waals surface area contributed by atoms with Gasteiger partial charge in [-0.2, -0.15) is 0 Å². The third-order valence-corrected chi connectivity index (χ3v) is 5.88. The van der Waals surface area contributed by atoms with Gasteiger partial charge in [0.15, 0.2) is 0 Å². The summed E-state index contributed by atoms with van der Waals surface area (Å²) in [6.45, 7) is 1.64. The van der Waals surface area contributed by atoms with E-state index in [0.717, 1.165) is 42.7 Å². The highest BCUT2D eigenvalue weighted by molar-refractivity contribution is 6.11. The van der Waals surface area contributed by atoms with Gasteiger partial charge in [-0.1, -0.05) is 18.2 Å². The molecule has 1 fully saturated rings. The number of methoxy groups -OCH3 is 1. The monoisotopic (exact) mass is 366 g/mol. The van der Waals surface area contributed by atoms with Crippen LogP contribution < -0.4 is 14.4 Å². The van der Waals surface area contributed by atoms with E-state index in [1.807, 2.05) is 35.2 Å². The molecule has 6 heteroatoms. The molecule has 0 radical (unpaired) electrons. The number of anilines is 1. The molecule has 140 valence electrons. The number of nitrogens with zero attached hydrogens (tertiary/aromatic N) is 2. The van der Waals surface area contributed by atoms with Crippen molar-refractivity contribution in [1.82, 2.24) is 4.98 Å². The predicted octanol–water partition coefficient (Wildman–Crippen LogP) is 2.68. The van der Waals surface area contributed by atoms with E-state index in [0.29, 0.717) is 18.2 Å². The first-order valence-electron chi connectivity index (χ1n) is 9.44. The summed E-state index contributed by atoms with van der Waals surface area (Å²) >= 11 is 0. The Balaban J connectivity index is 1.60. The van der Waals surface area contributed by atoms with E-state index in [4.69, 9.17) is 14.2 Å². The van der Waals surface area contributed by atoms with Crippen molar-refractivity contribution in [2.45, 2.75) is 30.8 Å². The molecule has 5 rings (SSSR count). The summed E-state index contributed by atoms with van der Waals surface area (Å²) in [5.74, 6) is 1.18. The summed E-state index contributed by atoms with van der Waals surface area (Å²) in [6.07, 6.45) is 4.96. The van der Waals surface area contributed by atoms with Crippen LogP contribution in [0, 0.1) is 0 Å². The van der Waals surface area contributed by atoms with Gasteiger partial charge in [0.25, 0.3) is 0 Å². The number of hydrogen-bond donors (Lipinski definition) is 0. The normalized spacial score (nSPS) is 26.0. The highest BCUT2D eigenvalue weighted by atomic mass is 16.5. The number of benzene rings is 1. The molecule has 3 aliphatic rings. The molecule has 1 aromatic carbocycles. The molecule has 27 heavy (non-hydrogen) atoms. The molecule has 2 aromatic rings. The number of pyridine rings is 1. The van der Waals surface area contributed by atoms with Crippen molar-refractivity contribution in [2.24, 2.45) is 0 Å². The van der Waals surface area contributed by atoms with Gasteiger partial charge >= 0.3 is 0 Å². The topological polar surface area (TPSA) is 60.9 Å². The van der Waals surface area contributed by atoms with Gasteiger partial charge in [0.1, 0.15) is 17.8 Å². The Bertz CT molecular complexity index is 894. The Hall–Kier alpha value is -2.60. The Morgan fingerprint density at radius 2 is 2.19 bits per heavy atom. The fraction of sp³-hybridized carbons (Fsp3) is 0.429. The number of amides is 1. The number of carbonyl (C=O) groups excluding carboxylic acids is 1. The van der Waals surface area contributed by atoms with E-state index in [-0.39, 0.29) is 18.6 Å². The zero-order valence-electron chi connectivity index (χ0n) is 15.3. The van der Waals surface area contributed by atoms with E-state index in [1.54, 1.807) is 13.3 Å². The van der Waals surface area contributed by atoms with Crippen molar-refractivity contribution in [1.29, 1.82) is 0 Å². The van der Waals surface area contributed by atoms with Crippen molar-refractivity contribution < 1.29 is 19.0 Å². The van der Waals surface area contributed by atoms with Gasteiger partial charge < -0.3 is 19.1 Å². The van der Waals surface area contributed by atoms with Crippen LogP contribution in [0.15, 0.2) is 36.5 Å². The third kappa shape index (κ3) is 2.36. The number of carbonyl (C=O) groups is 1. The molecule has 0 bridgehead atoms. The van der Waals surface area contributed by atoms with Crippen LogP contribution in [0.4, 0.5) is 5.69 Å². The van der Waals surface area contributed by atoms with Gasteiger partial charge in [-0.25, -0.2) is 4.98 Å². The van der Waals surface area contributed by atoms with Crippen LogP contribution in [0.3, 0.4) is 0 Å². The van der Waals surface area contributed by atoms with E-state index in [1.165, 1.54) is 0 Å². The van der Waals surface area contributed by atoms with E-state index in [2.05, 4.69) is 4.98 Å². The second kappa shape index (κ2) is 6.23. The zero-order valence-corrected chi connectivity index (χ0v) is 15.3. The van der Waals surface area contributed by atoms with Crippen molar-refractivity contribution >= 4 is 11.6 Å². The lowest BCUT2D eigenvalue weighted by molar-refractivity contribution is -0.122. The molecule has 1 spiro atoms. The molecule has 1 aromatic heterocycles. The largest absolute Gasteiger partial charge is 0.490 e. The lowest BCUT2D eigenvalue weighted by atomic mass is 9.77. The van der Waals surface area contributed by atoms with Crippen molar-refractivity contribution in [2.75, 3.05) is 31.8 Å². The number of fused-ring (bicyclic) bond motifs is 4. The summed E-state index contributed by atoms with van der Waals surface area (Å²) in [6, 6.07) is 9.83. The van der Waals surface area contributed by atoms with E-state index >= 15 is 0 Å². The van der Waals surface area contributed by atoms with Crippen LogP contribution in [0.25, 0.3) is 0 Å². The maximum absolute atomic E-state index is 13.8. The summed E-state index contributed by atoms with van der Waals surface area (Å²) in [7, 11) is 1.58. The molecule has 2 unspecified atom stereocenters. The molecule has 0 aliphatic carbocycles. The molecule has 3 aliphatic heterocycles. The van der Waals surface area contributed by atoms with Gasteiger partial charge in [0.05, 0.1) is 26.0 Å². The smallest absolute Gasteiger partial charge is 0.245 e. The number of ether oxygens (including phenoxy) is 3. The van der Waals surface area contributed by atoms with Gasteiger partial charge in [0.2, 0.25) is 11.8 Å². The number of para-hydroxylation sites is 1. The molecule has 6 nitrogen and oxygen atoms in total. The summed E-state index contributed by atoms with van der Waals surface area (Å²) in [5.41, 5.74) is 1.93. The van der Waals surface area contributed by atoms with Crippen LogP contribution in [-0.4, -0.2) is 43.9 Å². The van der Waals surface area contributed by atoms with E-state index in [9.17, 15) is 4.79 Å². The lowest BCUT2D eigenvalue weighted by Gasteiger charge is -2.29. The van der Waals surface area contributed by atoms with Crippen LogP contribution >= 0.6 is 0 Å².